The van der Waals surface area contributed by atoms with Crippen molar-refractivity contribution in [2.75, 3.05) is 33.8 Å². The maximum Gasteiger partial charge on any atom is 0.0640 e. The van der Waals surface area contributed by atoms with Crippen molar-refractivity contribution in [2.45, 2.75) is 19.5 Å². The molecule has 5 nitrogen and oxygen atoms in total. The third-order valence-electron chi connectivity index (χ3n) is 2.30. The minimum absolute atomic E-state index is 0.136. The highest BCUT2D eigenvalue weighted by Crippen LogP contribution is 1.96. The van der Waals surface area contributed by atoms with Crippen molar-refractivity contribution < 1.29 is 5.11 Å². The zero-order chi connectivity index (χ0) is 11.8. The Morgan fingerprint density at radius 1 is 1.50 bits per heavy atom. The Morgan fingerprint density at radius 2 is 2.31 bits per heavy atom. The summed E-state index contributed by atoms with van der Waals surface area (Å²) in [6.45, 7) is 3.68. The molecule has 16 heavy (non-hydrogen) atoms. The number of nitrogens with zero attached hydrogens (tertiary/aromatic N) is 3. The molecule has 1 aromatic rings. The summed E-state index contributed by atoms with van der Waals surface area (Å²) in [5.74, 6) is 0. The number of aromatic nitrogens is 2. The Balaban J connectivity index is 2.12. The molecule has 0 unspecified atom stereocenters. The first-order chi connectivity index (χ1) is 7.72. The van der Waals surface area contributed by atoms with Crippen molar-refractivity contribution in [2.24, 2.45) is 0 Å². The van der Waals surface area contributed by atoms with Gasteiger partial charge in [0.15, 0.2) is 0 Å². The van der Waals surface area contributed by atoms with Crippen LogP contribution in [0.1, 0.15) is 12.0 Å². The quantitative estimate of drug-likeness (QED) is 0.609. The Bertz CT molecular complexity index is 285. The fourth-order valence-electron chi connectivity index (χ4n) is 1.48. The van der Waals surface area contributed by atoms with Gasteiger partial charge in [-0.05, 0) is 33.6 Å². The summed E-state index contributed by atoms with van der Waals surface area (Å²) in [6.07, 6.45) is 4.96. The molecule has 1 heterocycles. The Kier molecular flexibility index (Phi) is 6.07. The summed E-state index contributed by atoms with van der Waals surface area (Å²) in [6, 6.07) is 0. The first-order valence-corrected chi connectivity index (χ1v) is 5.70. The first-order valence-electron chi connectivity index (χ1n) is 5.70. The van der Waals surface area contributed by atoms with E-state index < -0.39 is 0 Å². The van der Waals surface area contributed by atoms with Crippen molar-refractivity contribution >= 4 is 0 Å². The standard InChI is InChI=1S/C11H22N4O/c1-14(2)5-3-4-12-8-11-9-13-15(10-11)6-7-16/h9-10,12,16H,3-8H2,1-2H3. The molecule has 1 aromatic heterocycles. The monoisotopic (exact) mass is 226 g/mol. The summed E-state index contributed by atoms with van der Waals surface area (Å²) in [7, 11) is 4.16. The van der Waals surface area contributed by atoms with Crippen LogP contribution in [-0.2, 0) is 13.1 Å². The second-order valence-corrected chi connectivity index (χ2v) is 4.17. The number of aliphatic hydroxyl groups is 1. The molecule has 0 fully saturated rings. The van der Waals surface area contributed by atoms with Crippen LogP contribution in [0.2, 0.25) is 0 Å². The normalized spacial score (nSPS) is 11.2. The van der Waals surface area contributed by atoms with Gasteiger partial charge < -0.3 is 15.3 Å². The summed E-state index contributed by atoms with van der Waals surface area (Å²) in [5.41, 5.74) is 1.17. The van der Waals surface area contributed by atoms with Crippen LogP contribution in [0, 0.1) is 0 Å². The highest BCUT2D eigenvalue weighted by molar-refractivity contribution is 5.03. The van der Waals surface area contributed by atoms with E-state index in [4.69, 9.17) is 5.11 Å². The molecule has 0 bridgehead atoms. The predicted octanol–water partition coefficient (Wildman–Crippen LogP) is -0.0833. The molecule has 0 atom stereocenters. The van der Waals surface area contributed by atoms with Crippen molar-refractivity contribution in [3.05, 3.63) is 18.0 Å². The van der Waals surface area contributed by atoms with E-state index in [1.807, 2.05) is 12.4 Å². The third-order valence-corrected chi connectivity index (χ3v) is 2.30. The van der Waals surface area contributed by atoms with Gasteiger partial charge in [-0.3, -0.25) is 4.68 Å². The van der Waals surface area contributed by atoms with Gasteiger partial charge in [-0.1, -0.05) is 0 Å². The van der Waals surface area contributed by atoms with Gasteiger partial charge in [-0.15, -0.1) is 0 Å². The molecular formula is C11H22N4O. The number of hydrogen-bond donors (Lipinski definition) is 2. The summed E-state index contributed by atoms with van der Waals surface area (Å²) in [5, 5.41) is 16.3. The lowest BCUT2D eigenvalue weighted by Gasteiger charge is -2.09. The molecule has 5 heteroatoms. The van der Waals surface area contributed by atoms with E-state index in [2.05, 4.69) is 29.4 Å². The van der Waals surface area contributed by atoms with E-state index >= 15 is 0 Å². The van der Waals surface area contributed by atoms with Crippen LogP contribution >= 0.6 is 0 Å². The van der Waals surface area contributed by atoms with E-state index in [1.54, 1.807) is 4.68 Å². The average molecular weight is 226 g/mol. The maximum atomic E-state index is 8.75. The Labute approximate surface area is 97.1 Å². The molecule has 1 rings (SSSR count). The molecule has 0 aliphatic rings. The van der Waals surface area contributed by atoms with Crippen molar-refractivity contribution in [3.8, 4) is 0 Å². The minimum Gasteiger partial charge on any atom is -0.394 e. The van der Waals surface area contributed by atoms with Crippen LogP contribution in [0.15, 0.2) is 12.4 Å². The number of nitrogens with one attached hydrogen (secondary N) is 1. The molecule has 0 spiro atoms. The maximum absolute atomic E-state index is 8.75. The summed E-state index contributed by atoms with van der Waals surface area (Å²) >= 11 is 0. The molecule has 0 amide bonds. The van der Waals surface area contributed by atoms with Gasteiger partial charge in [-0.25, -0.2) is 0 Å². The lowest BCUT2D eigenvalue weighted by Crippen LogP contribution is -2.20. The zero-order valence-corrected chi connectivity index (χ0v) is 10.2. The van der Waals surface area contributed by atoms with Crippen molar-refractivity contribution in [1.29, 1.82) is 0 Å². The number of rotatable bonds is 8. The second-order valence-electron chi connectivity index (χ2n) is 4.17. The predicted molar refractivity (Wildman–Crippen MR) is 64.2 cm³/mol. The van der Waals surface area contributed by atoms with Gasteiger partial charge in [0.2, 0.25) is 0 Å². The smallest absolute Gasteiger partial charge is 0.0640 e. The lowest BCUT2D eigenvalue weighted by atomic mass is 10.3. The van der Waals surface area contributed by atoms with Gasteiger partial charge >= 0.3 is 0 Å². The topological polar surface area (TPSA) is 53.3 Å². The van der Waals surface area contributed by atoms with E-state index in [0.29, 0.717) is 6.54 Å². The van der Waals surface area contributed by atoms with Crippen LogP contribution in [0.4, 0.5) is 0 Å². The Hall–Kier alpha value is -0.910. The van der Waals surface area contributed by atoms with Gasteiger partial charge in [0.25, 0.3) is 0 Å². The van der Waals surface area contributed by atoms with Gasteiger partial charge in [0.05, 0.1) is 19.3 Å². The fourth-order valence-corrected chi connectivity index (χ4v) is 1.48. The van der Waals surface area contributed by atoms with E-state index in [-0.39, 0.29) is 6.61 Å². The summed E-state index contributed by atoms with van der Waals surface area (Å²) < 4.78 is 1.76. The molecule has 0 radical (unpaired) electrons. The van der Waals surface area contributed by atoms with Crippen molar-refractivity contribution in [1.82, 2.24) is 20.0 Å². The van der Waals surface area contributed by atoms with Crippen molar-refractivity contribution in [3.63, 3.8) is 0 Å². The first kappa shape index (κ1) is 13.2. The van der Waals surface area contributed by atoms with E-state index in [1.165, 1.54) is 5.56 Å². The molecule has 0 aromatic carbocycles. The van der Waals surface area contributed by atoms with Gasteiger partial charge in [-0.2, -0.15) is 5.10 Å². The molecule has 2 N–H and O–H groups in total. The molecule has 0 saturated heterocycles. The average Bonchev–Trinajstić information content (AvgIpc) is 2.65. The number of aliphatic hydroxyl groups excluding tert-OH is 1. The fraction of sp³-hybridized carbons (Fsp3) is 0.727. The third kappa shape index (κ3) is 5.25. The summed E-state index contributed by atoms with van der Waals surface area (Å²) in [4.78, 5) is 2.18. The molecule has 0 aliphatic carbocycles. The highest BCUT2D eigenvalue weighted by Gasteiger charge is 1.97. The van der Waals surface area contributed by atoms with Crippen LogP contribution in [0.5, 0.6) is 0 Å². The molecule has 92 valence electrons. The largest absolute Gasteiger partial charge is 0.394 e. The van der Waals surface area contributed by atoms with Crippen LogP contribution in [-0.4, -0.2) is 53.6 Å². The van der Waals surface area contributed by atoms with Gasteiger partial charge in [0, 0.05) is 18.3 Å². The SMILES string of the molecule is CN(C)CCCNCc1cnn(CCO)c1. The van der Waals surface area contributed by atoms with Crippen LogP contribution in [0.3, 0.4) is 0 Å². The van der Waals surface area contributed by atoms with Crippen LogP contribution < -0.4 is 5.32 Å². The second kappa shape index (κ2) is 7.38. The minimum atomic E-state index is 0.136. The van der Waals surface area contributed by atoms with E-state index in [0.717, 1.165) is 26.1 Å². The zero-order valence-electron chi connectivity index (χ0n) is 10.2. The molecule has 0 aliphatic heterocycles. The highest BCUT2D eigenvalue weighted by atomic mass is 16.3. The van der Waals surface area contributed by atoms with Gasteiger partial charge in [0.1, 0.15) is 0 Å². The Morgan fingerprint density at radius 3 is 3.00 bits per heavy atom. The van der Waals surface area contributed by atoms with Crippen LogP contribution in [0.25, 0.3) is 0 Å². The van der Waals surface area contributed by atoms with E-state index in [9.17, 15) is 0 Å². The lowest BCUT2D eigenvalue weighted by molar-refractivity contribution is 0.269. The molecule has 0 saturated carbocycles. The molecular weight excluding hydrogens is 204 g/mol. The number of hydrogen-bond acceptors (Lipinski definition) is 4.